The molecule has 0 saturated heterocycles. The van der Waals surface area contributed by atoms with E-state index in [1.54, 1.807) is 0 Å². The number of amides is 1. The lowest BCUT2D eigenvalue weighted by Crippen LogP contribution is -2.37. The largest absolute Gasteiger partial charge is 0.279 e. The van der Waals surface area contributed by atoms with Gasteiger partial charge in [-0.2, -0.15) is 0 Å². The average Bonchev–Trinajstić information content (AvgIpc) is 2.61. The highest BCUT2D eigenvalue weighted by Gasteiger charge is 2.26. The second kappa shape index (κ2) is 7.38. The molecule has 1 aliphatic heterocycles. The minimum atomic E-state index is -0.0742. The first-order valence-corrected chi connectivity index (χ1v) is 8.29. The molecule has 4 nitrogen and oxygen atoms in total. The van der Waals surface area contributed by atoms with Crippen molar-refractivity contribution in [1.29, 1.82) is 0 Å². The van der Waals surface area contributed by atoms with Crippen LogP contribution in [0.15, 0.2) is 42.5 Å². The van der Waals surface area contributed by atoms with Gasteiger partial charge in [-0.1, -0.05) is 56.5 Å². The molecule has 0 spiro atoms. The summed E-state index contributed by atoms with van der Waals surface area (Å²) in [6, 6.07) is 13.7. The Morgan fingerprint density at radius 2 is 1.91 bits per heavy atom. The lowest BCUT2D eigenvalue weighted by atomic mass is 10.1. The van der Waals surface area contributed by atoms with E-state index in [9.17, 15) is 4.79 Å². The third kappa shape index (κ3) is 3.59. The van der Waals surface area contributed by atoms with Crippen molar-refractivity contribution < 1.29 is 9.63 Å². The molecule has 120 valence electrons. The predicted molar refractivity (Wildman–Crippen MR) is 89.6 cm³/mol. The lowest BCUT2D eigenvalue weighted by molar-refractivity contribution is -0.141. The fraction of sp³-hybridized carbons (Fsp3) is 0.368. The van der Waals surface area contributed by atoms with Crippen LogP contribution < -0.4 is 0 Å². The van der Waals surface area contributed by atoms with Gasteiger partial charge in [0, 0.05) is 12.1 Å². The van der Waals surface area contributed by atoms with Gasteiger partial charge in [-0.05, 0) is 18.6 Å². The predicted octanol–water partition coefficient (Wildman–Crippen LogP) is 4.22. The fourth-order valence-corrected chi connectivity index (χ4v) is 2.76. The van der Waals surface area contributed by atoms with Gasteiger partial charge >= 0.3 is 0 Å². The van der Waals surface area contributed by atoms with Crippen LogP contribution >= 0.6 is 0 Å². The SMILES string of the molecule is CCCCCCN1OCc2nc(-c3ccccc3)ccc2C1=O. The van der Waals surface area contributed by atoms with Crippen LogP contribution in [0.2, 0.25) is 0 Å². The molecule has 1 aromatic heterocycles. The van der Waals surface area contributed by atoms with Crippen LogP contribution in [0.1, 0.15) is 48.7 Å². The van der Waals surface area contributed by atoms with E-state index in [2.05, 4.69) is 11.9 Å². The van der Waals surface area contributed by atoms with E-state index >= 15 is 0 Å². The smallest absolute Gasteiger partial charge is 0.267 e. The van der Waals surface area contributed by atoms with Crippen LogP contribution in [0.5, 0.6) is 0 Å². The molecule has 0 fully saturated rings. The third-order valence-electron chi connectivity index (χ3n) is 4.07. The van der Waals surface area contributed by atoms with Gasteiger partial charge in [0.2, 0.25) is 0 Å². The zero-order chi connectivity index (χ0) is 16.1. The molecule has 0 aliphatic carbocycles. The van der Waals surface area contributed by atoms with Crippen molar-refractivity contribution in [3.63, 3.8) is 0 Å². The number of carbonyl (C=O) groups is 1. The molecule has 1 aromatic carbocycles. The van der Waals surface area contributed by atoms with Gasteiger partial charge in [-0.25, -0.2) is 10.0 Å². The first kappa shape index (κ1) is 15.7. The number of pyridine rings is 1. The molecule has 2 heterocycles. The summed E-state index contributed by atoms with van der Waals surface area (Å²) in [5.41, 5.74) is 3.30. The third-order valence-corrected chi connectivity index (χ3v) is 4.07. The van der Waals surface area contributed by atoms with Gasteiger partial charge in [-0.3, -0.25) is 9.63 Å². The van der Waals surface area contributed by atoms with Crippen molar-refractivity contribution in [1.82, 2.24) is 10.0 Å². The standard InChI is InChI=1S/C19H22N2O2/c1-2-3-4-8-13-21-19(22)16-11-12-17(20-18(16)14-23-21)15-9-6-5-7-10-15/h5-7,9-12H,2-4,8,13-14H2,1H3. The molecule has 0 N–H and O–H groups in total. The van der Waals surface area contributed by atoms with Gasteiger partial charge in [0.25, 0.3) is 5.91 Å². The van der Waals surface area contributed by atoms with Crippen LogP contribution in [0.3, 0.4) is 0 Å². The van der Waals surface area contributed by atoms with Crippen molar-refractivity contribution in [2.24, 2.45) is 0 Å². The number of hydrogen-bond acceptors (Lipinski definition) is 3. The number of aromatic nitrogens is 1. The molecule has 0 radical (unpaired) electrons. The Morgan fingerprint density at radius 1 is 1.09 bits per heavy atom. The molecular weight excluding hydrogens is 288 g/mol. The zero-order valence-corrected chi connectivity index (χ0v) is 13.5. The Bertz CT molecular complexity index is 670. The van der Waals surface area contributed by atoms with E-state index in [0.717, 1.165) is 29.8 Å². The zero-order valence-electron chi connectivity index (χ0n) is 13.5. The second-order valence-corrected chi connectivity index (χ2v) is 5.80. The summed E-state index contributed by atoms with van der Waals surface area (Å²) in [5, 5.41) is 1.49. The minimum Gasteiger partial charge on any atom is -0.267 e. The maximum absolute atomic E-state index is 12.5. The number of rotatable bonds is 6. The maximum Gasteiger partial charge on any atom is 0.279 e. The molecule has 0 bridgehead atoms. The topological polar surface area (TPSA) is 42.4 Å². The van der Waals surface area contributed by atoms with Crippen LogP contribution in [-0.2, 0) is 11.4 Å². The normalized spacial score (nSPS) is 14.0. The summed E-state index contributed by atoms with van der Waals surface area (Å²) in [6.07, 6.45) is 4.48. The van der Waals surface area contributed by atoms with Gasteiger partial charge in [-0.15, -0.1) is 0 Å². The molecule has 0 saturated carbocycles. The highest BCUT2D eigenvalue weighted by Crippen LogP contribution is 2.23. The van der Waals surface area contributed by atoms with Crippen molar-refractivity contribution in [3.05, 3.63) is 53.7 Å². The van der Waals surface area contributed by atoms with E-state index in [-0.39, 0.29) is 5.91 Å². The molecule has 0 atom stereocenters. The molecular formula is C19H22N2O2. The van der Waals surface area contributed by atoms with E-state index in [0.29, 0.717) is 18.7 Å². The van der Waals surface area contributed by atoms with Crippen molar-refractivity contribution in [2.75, 3.05) is 6.54 Å². The Balaban J connectivity index is 1.72. The summed E-state index contributed by atoms with van der Waals surface area (Å²) in [7, 11) is 0. The molecule has 1 aliphatic rings. The first-order valence-electron chi connectivity index (χ1n) is 8.29. The molecule has 1 amide bonds. The van der Waals surface area contributed by atoms with Gasteiger partial charge < -0.3 is 0 Å². The Labute approximate surface area is 137 Å². The van der Waals surface area contributed by atoms with Gasteiger partial charge in [0.15, 0.2) is 0 Å². The number of nitrogens with zero attached hydrogens (tertiary/aromatic N) is 2. The second-order valence-electron chi connectivity index (χ2n) is 5.80. The number of carbonyl (C=O) groups excluding carboxylic acids is 1. The Kier molecular flexibility index (Phi) is 5.03. The Hall–Kier alpha value is -2.20. The van der Waals surface area contributed by atoms with Crippen LogP contribution in [-0.4, -0.2) is 22.5 Å². The number of hydroxylamine groups is 2. The van der Waals surface area contributed by atoms with Crippen molar-refractivity contribution in [2.45, 2.75) is 39.2 Å². The highest BCUT2D eigenvalue weighted by atomic mass is 16.7. The van der Waals surface area contributed by atoms with Crippen molar-refractivity contribution in [3.8, 4) is 11.3 Å². The van der Waals surface area contributed by atoms with Gasteiger partial charge in [0.05, 0.1) is 17.0 Å². The number of benzene rings is 1. The van der Waals surface area contributed by atoms with E-state index < -0.39 is 0 Å². The van der Waals surface area contributed by atoms with E-state index in [1.165, 1.54) is 17.9 Å². The van der Waals surface area contributed by atoms with Crippen LogP contribution in [0.25, 0.3) is 11.3 Å². The first-order chi connectivity index (χ1) is 11.3. The van der Waals surface area contributed by atoms with E-state index in [4.69, 9.17) is 4.84 Å². The monoisotopic (exact) mass is 310 g/mol. The highest BCUT2D eigenvalue weighted by molar-refractivity contribution is 5.95. The van der Waals surface area contributed by atoms with Crippen LogP contribution in [0.4, 0.5) is 0 Å². The average molecular weight is 310 g/mol. The lowest BCUT2D eigenvalue weighted by Gasteiger charge is -2.27. The summed E-state index contributed by atoms with van der Waals surface area (Å²) in [5.74, 6) is -0.0742. The minimum absolute atomic E-state index is 0.0742. The molecule has 4 heteroatoms. The molecule has 2 aromatic rings. The van der Waals surface area contributed by atoms with Crippen molar-refractivity contribution >= 4 is 5.91 Å². The summed E-state index contributed by atoms with van der Waals surface area (Å²) in [6.45, 7) is 3.18. The summed E-state index contributed by atoms with van der Waals surface area (Å²) >= 11 is 0. The molecule has 0 unspecified atom stereocenters. The molecule has 23 heavy (non-hydrogen) atoms. The molecule has 3 rings (SSSR count). The number of unbranched alkanes of at least 4 members (excludes halogenated alkanes) is 3. The van der Waals surface area contributed by atoms with Gasteiger partial charge in [0.1, 0.15) is 6.61 Å². The number of hydrogen-bond donors (Lipinski definition) is 0. The number of fused-ring (bicyclic) bond motifs is 1. The maximum atomic E-state index is 12.5. The Morgan fingerprint density at radius 3 is 2.70 bits per heavy atom. The quantitative estimate of drug-likeness (QED) is 0.750. The summed E-state index contributed by atoms with van der Waals surface area (Å²) < 4.78 is 0. The van der Waals surface area contributed by atoms with E-state index in [1.807, 2.05) is 42.5 Å². The fourth-order valence-electron chi connectivity index (χ4n) is 2.76. The summed E-state index contributed by atoms with van der Waals surface area (Å²) in [4.78, 5) is 22.7. The van der Waals surface area contributed by atoms with Crippen LogP contribution in [0, 0.1) is 0 Å².